The van der Waals surface area contributed by atoms with Gasteiger partial charge in [0.25, 0.3) is 10.0 Å². The van der Waals surface area contributed by atoms with Crippen molar-refractivity contribution in [2.24, 2.45) is 0 Å². The number of H-pyrrole nitrogens is 1. The molecule has 2 aromatic heterocycles. The second kappa shape index (κ2) is 4.98. The lowest BCUT2D eigenvalue weighted by Gasteiger charge is -2.09. The van der Waals surface area contributed by atoms with E-state index in [4.69, 9.17) is 0 Å². The second-order valence-electron chi connectivity index (χ2n) is 4.09. The van der Waals surface area contributed by atoms with Gasteiger partial charge in [0.2, 0.25) is 5.03 Å². The molecule has 19 heavy (non-hydrogen) atoms. The van der Waals surface area contributed by atoms with Crippen LogP contribution in [0.1, 0.15) is 16.8 Å². The molecule has 0 fully saturated rings. The minimum atomic E-state index is -3.84. The Morgan fingerprint density at radius 1 is 1.42 bits per heavy atom. The maximum Gasteiger partial charge on any atom is 0.281 e. The Morgan fingerprint density at radius 2 is 2.16 bits per heavy atom. The van der Waals surface area contributed by atoms with Crippen molar-refractivity contribution in [1.82, 2.24) is 15.2 Å². The van der Waals surface area contributed by atoms with Crippen molar-refractivity contribution in [3.63, 3.8) is 0 Å². The Bertz CT molecular complexity index is 694. The standard InChI is InChI=1S/C11H14N4O3S/c1-7-5-12-4-3-10(7)15-19(17,18)11-9(6-16)8(2)13-14-11/h3-5,16H,6H2,1-2H3,(H,12,15)(H,13,14). The number of pyridine rings is 1. The fourth-order valence-corrected chi connectivity index (χ4v) is 2.94. The smallest absolute Gasteiger partial charge is 0.281 e. The van der Waals surface area contributed by atoms with E-state index in [1.807, 2.05) is 0 Å². The van der Waals surface area contributed by atoms with Crippen molar-refractivity contribution in [2.75, 3.05) is 4.72 Å². The minimum absolute atomic E-state index is 0.191. The van der Waals surface area contributed by atoms with Gasteiger partial charge >= 0.3 is 0 Å². The predicted molar refractivity (Wildman–Crippen MR) is 69.0 cm³/mol. The summed E-state index contributed by atoms with van der Waals surface area (Å²) < 4.78 is 26.9. The molecule has 0 unspecified atom stereocenters. The van der Waals surface area contributed by atoms with Crippen molar-refractivity contribution < 1.29 is 13.5 Å². The maximum atomic E-state index is 12.2. The molecule has 0 saturated heterocycles. The Labute approximate surface area is 110 Å². The summed E-state index contributed by atoms with van der Waals surface area (Å²) in [6.45, 7) is 3.00. The number of sulfonamides is 1. The molecule has 0 atom stereocenters. The number of nitrogens with one attached hydrogen (secondary N) is 2. The molecule has 0 aliphatic rings. The van der Waals surface area contributed by atoms with Crippen LogP contribution in [0.25, 0.3) is 0 Å². The zero-order chi connectivity index (χ0) is 14.0. The molecule has 0 spiro atoms. The highest BCUT2D eigenvalue weighted by atomic mass is 32.2. The predicted octanol–water partition coefficient (Wildman–Crippen LogP) is 0.715. The van der Waals surface area contributed by atoms with Crippen molar-refractivity contribution in [1.29, 1.82) is 0 Å². The third-order valence-electron chi connectivity index (χ3n) is 2.71. The van der Waals surface area contributed by atoms with Crippen LogP contribution < -0.4 is 4.72 Å². The molecule has 0 aliphatic heterocycles. The van der Waals surface area contributed by atoms with Crippen LogP contribution in [0.5, 0.6) is 0 Å². The van der Waals surface area contributed by atoms with Crippen LogP contribution in [0.2, 0.25) is 0 Å². The number of hydrogen-bond donors (Lipinski definition) is 3. The number of aryl methyl sites for hydroxylation is 2. The molecule has 2 aromatic rings. The van der Waals surface area contributed by atoms with Gasteiger partial charge in [-0.1, -0.05) is 0 Å². The lowest BCUT2D eigenvalue weighted by atomic mass is 10.3. The summed E-state index contributed by atoms with van der Waals surface area (Å²) in [4.78, 5) is 3.89. The highest BCUT2D eigenvalue weighted by Gasteiger charge is 2.23. The summed E-state index contributed by atoms with van der Waals surface area (Å²) in [5, 5.41) is 15.3. The first-order valence-corrected chi connectivity index (χ1v) is 7.02. The van der Waals surface area contributed by atoms with Crippen molar-refractivity contribution in [3.05, 3.63) is 35.3 Å². The zero-order valence-electron chi connectivity index (χ0n) is 10.5. The Kier molecular flexibility index (Phi) is 3.54. The number of anilines is 1. The lowest BCUT2D eigenvalue weighted by Crippen LogP contribution is -2.16. The number of aliphatic hydroxyl groups excluding tert-OH is 1. The van der Waals surface area contributed by atoms with Gasteiger partial charge in [-0.2, -0.15) is 13.5 Å². The molecule has 0 amide bonds. The summed E-state index contributed by atoms with van der Waals surface area (Å²) >= 11 is 0. The molecule has 0 bridgehead atoms. The highest BCUT2D eigenvalue weighted by Crippen LogP contribution is 2.21. The molecular weight excluding hydrogens is 268 g/mol. The number of aliphatic hydroxyl groups is 1. The summed E-state index contributed by atoms with van der Waals surface area (Å²) in [6, 6.07) is 1.56. The highest BCUT2D eigenvalue weighted by molar-refractivity contribution is 7.92. The summed E-state index contributed by atoms with van der Waals surface area (Å²) in [6.07, 6.45) is 3.05. The van der Waals surface area contributed by atoms with E-state index in [1.165, 1.54) is 6.20 Å². The van der Waals surface area contributed by atoms with Crippen LogP contribution >= 0.6 is 0 Å². The van der Waals surface area contributed by atoms with Crippen LogP contribution in [-0.4, -0.2) is 28.7 Å². The molecule has 3 N–H and O–H groups in total. The van der Waals surface area contributed by atoms with Gasteiger partial charge in [0, 0.05) is 23.7 Å². The number of nitrogens with zero attached hydrogens (tertiary/aromatic N) is 2. The molecule has 102 valence electrons. The molecule has 0 saturated carbocycles. The Balaban J connectivity index is 2.41. The first-order valence-electron chi connectivity index (χ1n) is 5.54. The number of aromatic amines is 1. The quantitative estimate of drug-likeness (QED) is 0.765. The third kappa shape index (κ3) is 2.59. The van der Waals surface area contributed by atoms with Gasteiger partial charge in [0.05, 0.1) is 12.3 Å². The van der Waals surface area contributed by atoms with Gasteiger partial charge in [-0.05, 0) is 25.5 Å². The fraction of sp³-hybridized carbons (Fsp3) is 0.273. The molecule has 8 heteroatoms. The number of hydrogen-bond acceptors (Lipinski definition) is 5. The largest absolute Gasteiger partial charge is 0.392 e. The van der Waals surface area contributed by atoms with Gasteiger partial charge in [-0.3, -0.25) is 14.8 Å². The second-order valence-corrected chi connectivity index (χ2v) is 5.68. The van der Waals surface area contributed by atoms with Crippen LogP contribution in [0, 0.1) is 13.8 Å². The number of rotatable bonds is 4. The van der Waals surface area contributed by atoms with Crippen molar-refractivity contribution in [3.8, 4) is 0 Å². The first kappa shape index (κ1) is 13.5. The fourth-order valence-electron chi connectivity index (χ4n) is 1.62. The van der Waals surface area contributed by atoms with E-state index >= 15 is 0 Å². The van der Waals surface area contributed by atoms with E-state index in [2.05, 4.69) is 19.9 Å². The van der Waals surface area contributed by atoms with Crippen LogP contribution in [0.4, 0.5) is 5.69 Å². The topological polar surface area (TPSA) is 108 Å². The Morgan fingerprint density at radius 3 is 2.79 bits per heavy atom. The minimum Gasteiger partial charge on any atom is -0.392 e. The normalized spacial score (nSPS) is 11.5. The van der Waals surface area contributed by atoms with E-state index < -0.39 is 16.6 Å². The zero-order valence-corrected chi connectivity index (χ0v) is 11.3. The monoisotopic (exact) mass is 282 g/mol. The maximum absolute atomic E-state index is 12.2. The van der Waals surface area contributed by atoms with Crippen LogP contribution in [-0.2, 0) is 16.6 Å². The molecular formula is C11H14N4O3S. The molecule has 0 radical (unpaired) electrons. The van der Waals surface area contributed by atoms with Gasteiger partial charge in [-0.15, -0.1) is 0 Å². The van der Waals surface area contributed by atoms with E-state index in [1.54, 1.807) is 26.1 Å². The van der Waals surface area contributed by atoms with E-state index in [0.29, 0.717) is 16.9 Å². The van der Waals surface area contributed by atoms with E-state index in [-0.39, 0.29) is 10.6 Å². The van der Waals surface area contributed by atoms with E-state index in [0.717, 1.165) is 0 Å². The molecule has 2 heterocycles. The SMILES string of the molecule is Cc1cnccc1NS(=O)(=O)c1n[nH]c(C)c1CO. The van der Waals surface area contributed by atoms with Gasteiger partial charge < -0.3 is 5.11 Å². The van der Waals surface area contributed by atoms with Crippen LogP contribution in [0.3, 0.4) is 0 Å². The average molecular weight is 282 g/mol. The van der Waals surface area contributed by atoms with E-state index in [9.17, 15) is 13.5 Å². The summed E-state index contributed by atoms with van der Waals surface area (Å²) in [7, 11) is -3.84. The first-order chi connectivity index (χ1) is 8.95. The molecule has 2 rings (SSSR count). The third-order valence-corrected chi connectivity index (χ3v) is 4.05. The summed E-state index contributed by atoms with van der Waals surface area (Å²) in [5.74, 6) is 0. The van der Waals surface area contributed by atoms with Gasteiger partial charge in [0.15, 0.2) is 0 Å². The van der Waals surface area contributed by atoms with Gasteiger partial charge in [0.1, 0.15) is 0 Å². The van der Waals surface area contributed by atoms with Crippen LogP contribution in [0.15, 0.2) is 23.5 Å². The molecule has 0 aliphatic carbocycles. The van der Waals surface area contributed by atoms with Crippen molar-refractivity contribution >= 4 is 15.7 Å². The lowest BCUT2D eigenvalue weighted by molar-refractivity contribution is 0.277. The average Bonchev–Trinajstić information content (AvgIpc) is 2.74. The van der Waals surface area contributed by atoms with Crippen molar-refractivity contribution in [2.45, 2.75) is 25.5 Å². The summed E-state index contributed by atoms with van der Waals surface area (Å²) in [5.41, 5.74) is 1.91. The number of aromatic nitrogens is 3. The molecule has 7 nitrogen and oxygen atoms in total. The van der Waals surface area contributed by atoms with Gasteiger partial charge in [-0.25, -0.2) is 0 Å². The molecule has 0 aromatic carbocycles. The Hall–Kier alpha value is -1.93.